The first-order chi connectivity index (χ1) is 13.1. The first kappa shape index (κ1) is 18.1. The molecule has 136 valence electrons. The Morgan fingerprint density at radius 1 is 1.22 bits per heavy atom. The highest BCUT2D eigenvalue weighted by atomic mass is 79.9. The molecule has 2 aromatic carbocycles. The van der Waals surface area contributed by atoms with E-state index in [2.05, 4.69) is 26.9 Å². The zero-order valence-electron chi connectivity index (χ0n) is 14.2. The molecule has 0 N–H and O–H groups in total. The Morgan fingerprint density at radius 2 is 2.00 bits per heavy atom. The van der Waals surface area contributed by atoms with Crippen molar-refractivity contribution in [2.75, 3.05) is 17.4 Å². The molecule has 1 atom stereocenters. The number of thioether (sulfide) groups is 1. The van der Waals surface area contributed by atoms with Crippen LogP contribution in [0.5, 0.6) is 0 Å². The molecular formula is C20H15BrFN3OS. The number of hydrogen-bond acceptors (Lipinski definition) is 4. The molecule has 0 radical (unpaired) electrons. The van der Waals surface area contributed by atoms with Gasteiger partial charge in [0.2, 0.25) is 5.91 Å². The van der Waals surface area contributed by atoms with Gasteiger partial charge in [0.1, 0.15) is 5.82 Å². The molecule has 1 amide bonds. The summed E-state index contributed by atoms with van der Waals surface area (Å²) >= 11 is 4.90. The molecule has 0 aliphatic carbocycles. The van der Waals surface area contributed by atoms with Gasteiger partial charge < -0.3 is 4.90 Å². The van der Waals surface area contributed by atoms with E-state index in [4.69, 9.17) is 0 Å². The monoisotopic (exact) mass is 443 g/mol. The first-order valence-corrected chi connectivity index (χ1v) is 10.2. The number of carbonyl (C=O) groups excluding carboxylic acids is 1. The van der Waals surface area contributed by atoms with Gasteiger partial charge in [-0.2, -0.15) is 5.26 Å². The smallest absolute Gasteiger partial charge is 0.229 e. The minimum absolute atomic E-state index is 0.0485. The van der Waals surface area contributed by atoms with E-state index in [1.54, 1.807) is 17.0 Å². The summed E-state index contributed by atoms with van der Waals surface area (Å²) in [6.45, 7) is 0.407. The number of halogens is 2. The van der Waals surface area contributed by atoms with Crippen molar-refractivity contribution in [1.82, 2.24) is 4.90 Å². The van der Waals surface area contributed by atoms with E-state index >= 15 is 0 Å². The molecule has 2 heterocycles. The van der Waals surface area contributed by atoms with Crippen molar-refractivity contribution < 1.29 is 9.18 Å². The van der Waals surface area contributed by atoms with Gasteiger partial charge in [-0.15, -0.1) is 0 Å². The maximum absolute atomic E-state index is 13.6. The zero-order chi connectivity index (χ0) is 19.0. The fraction of sp³-hybridized carbons (Fsp3) is 0.200. The highest BCUT2D eigenvalue weighted by Gasteiger charge is 2.38. The van der Waals surface area contributed by atoms with Gasteiger partial charge >= 0.3 is 0 Å². The highest BCUT2D eigenvalue weighted by Crippen LogP contribution is 2.43. The summed E-state index contributed by atoms with van der Waals surface area (Å²) in [7, 11) is 0. The minimum atomic E-state index is -0.392. The number of anilines is 1. The van der Waals surface area contributed by atoms with Crippen LogP contribution in [0, 0.1) is 17.1 Å². The number of fused-ring (bicyclic) bond motifs is 1. The van der Waals surface area contributed by atoms with Gasteiger partial charge in [-0.25, -0.2) is 4.39 Å². The van der Waals surface area contributed by atoms with Crippen LogP contribution in [0.15, 0.2) is 63.6 Å². The summed E-state index contributed by atoms with van der Waals surface area (Å²) in [5, 5.41) is 10.5. The number of carbonyl (C=O) groups is 1. The van der Waals surface area contributed by atoms with E-state index in [1.807, 2.05) is 24.3 Å². The number of rotatable bonds is 2. The van der Waals surface area contributed by atoms with Gasteiger partial charge in [0, 0.05) is 22.5 Å². The van der Waals surface area contributed by atoms with Gasteiger partial charge in [0.05, 0.1) is 29.2 Å². The van der Waals surface area contributed by atoms with Gasteiger partial charge in [-0.3, -0.25) is 9.69 Å². The largest absolute Gasteiger partial charge is 0.344 e. The van der Waals surface area contributed by atoms with Crippen LogP contribution in [0.2, 0.25) is 0 Å². The topological polar surface area (TPSA) is 47.3 Å². The second kappa shape index (κ2) is 7.37. The molecule has 1 fully saturated rings. The predicted molar refractivity (Wildman–Crippen MR) is 107 cm³/mol. The van der Waals surface area contributed by atoms with Crippen molar-refractivity contribution in [3.63, 3.8) is 0 Å². The second-order valence-electron chi connectivity index (χ2n) is 6.40. The molecule has 2 aromatic rings. The zero-order valence-corrected chi connectivity index (χ0v) is 16.6. The Morgan fingerprint density at radius 3 is 2.70 bits per heavy atom. The number of hydrogen-bond donors (Lipinski definition) is 0. The maximum atomic E-state index is 13.6. The van der Waals surface area contributed by atoms with Crippen molar-refractivity contribution in [2.45, 2.75) is 12.3 Å². The lowest BCUT2D eigenvalue weighted by Gasteiger charge is -2.42. The van der Waals surface area contributed by atoms with Gasteiger partial charge in [0.25, 0.3) is 0 Å². The molecule has 0 saturated carbocycles. The van der Waals surface area contributed by atoms with Crippen LogP contribution >= 0.6 is 27.7 Å². The molecule has 4 rings (SSSR count). The third-order valence-corrected chi connectivity index (χ3v) is 6.42. The van der Waals surface area contributed by atoms with Crippen LogP contribution in [0.1, 0.15) is 17.9 Å². The molecule has 4 nitrogen and oxygen atoms in total. The third-order valence-electron chi connectivity index (χ3n) is 4.74. The summed E-state index contributed by atoms with van der Waals surface area (Å²) in [6, 6.07) is 16.4. The predicted octanol–water partition coefficient (Wildman–Crippen LogP) is 4.81. The molecule has 27 heavy (non-hydrogen) atoms. The van der Waals surface area contributed by atoms with Crippen molar-refractivity contribution >= 4 is 39.3 Å². The van der Waals surface area contributed by atoms with E-state index in [1.165, 1.54) is 23.9 Å². The lowest BCUT2D eigenvalue weighted by molar-refractivity contribution is -0.129. The van der Waals surface area contributed by atoms with Crippen molar-refractivity contribution in [3.8, 4) is 6.07 Å². The van der Waals surface area contributed by atoms with Crippen LogP contribution in [0.25, 0.3) is 0 Å². The number of nitriles is 1. The number of benzene rings is 2. The molecule has 2 aliphatic rings. The Bertz CT molecular complexity index is 970. The summed E-state index contributed by atoms with van der Waals surface area (Å²) in [5.74, 6) is -0.159. The normalized spacial score (nSPS) is 19.7. The standard InChI is InChI=1S/C20H15BrFN3OS/c21-14-4-6-16(7-5-14)24-11-25-19(26)9-17(13-2-1-3-15(22)8-13)18(10-23)20(25)27-12-24/h1-8,17H,9,11-12H2/t17-/m1/s1. The summed E-state index contributed by atoms with van der Waals surface area (Å²) in [5.41, 5.74) is 2.23. The Labute approximate surface area is 169 Å². The fourth-order valence-electron chi connectivity index (χ4n) is 3.39. The maximum Gasteiger partial charge on any atom is 0.229 e. The molecule has 0 unspecified atom stereocenters. The Balaban J connectivity index is 1.66. The lowest BCUT2D eigenvalue weighted by Crippen LogP contribution is -2.47. The number of allylic oxidation sites excluding steroid dienone is 1. The first-order valence-electron chi connectivity index (χ1n) is 8.40. The van der Waals surface area contributed by atoms with Crippen LogP contribution < -0.4 is 4.90 Å². The van der Waals surface area contributed by atoms with Crippen LogP contribution in [-0.2, 0) is 4.79 Å². The summed E-state index contributed by atoms with van der Waals surface area (Å²) < 4.78 is 14.6. The molecule has 0 spiro atoms. The molecular weight excluding hydrogens is 429 g/mol. The average molecular weight is 444 g/mol. The van der Waals surface area contributed by atoms with E-state index < -0.39 is 5.92 Å². The fourth-order valence-corrected chi connectivity index (χ4v) is 4.82. The van der Waals surface area contributed by atoms with E-state index in [9.17, 15) is 14.4 Å². The summed E-state index contributed by atoms with van der Waals surface area (Å²) in [6.07, 6.45) is 0.171. The Hall–Kier alpha value is -2.30. The van der Waals surface area contributed by atoms with Crippen molar-refractivity contribution in [1.29, 1.82) is 5.26 Å². The van der Waals surface area contributed by atoms with Crippen molar-refractivity contribution in [3.05, 3.63) is 75.0 Å². The molecule has 7 heteroatoms. The summed E-state index contributed by atoms with van der Waals surface area (Å²) in [4.78, 5) is 16.6. The average Bonchev–Trinajstić information content (AvgIpc) is 2.68. The number of nitrogens with zero attached hydrogens (tertiary/aromatic N) is 3. The van der Waals surface area contributed by atoms with Crippen molar-refractivity contribution in [2.24, 2.45) is 0 Å². The van der Waals surface area contributed by atoms with Crippen LogP contribution in [-0.4, -0.2) is 23.4 Å². The van der Waals surface area contributed by atoms with E-state index in [-0.39, 0.29) is 18.1 Å². The van der Waals surface area contributed by atoms with Gasteiger partial charge in [0.15, 0.2) is 0 Å². The van der Waals surface area contributed by atoms with E-state index in [0.29, 0.717) is 28.7 Å². The lowest BCUT2D eigenvalue weighted by atomic mass is 9.86. The SMILES string of the molecule is N#CC1=C2SCN(c3ccc(Br)cc3)CN2C(=O)C[C@@H]1c1cccc(F)c1. The Kier molecular flexibility index (Phi) is 4.94. The molecule has 0 aromatic heterocycles. The van der Waals surface area contributed by atoms with Crippen LogP contribution in [0.4, 0.5) is 10.1 Å². The molecule has 1 saturated heterocycles. The molecule has 2 aliphatic heterocycles. The van der Waals surface area contributed by atoms with Gasteiger partial charge in [-0.05, 0) is 42.0 Å². The quantitative estimate of drug-likeness (QED) is 0.667. The second-order valence-corrected chi connectivity index (χ2v) is 8.24. The number of amides is 1. The highest BCUT2D eigenvalue weighted by molar-refractivity contribution is 9.10. The third kappa shape index (κ3) is 3.47. The van der Waals surface area contributed by atoms with Crippen LogP contribution in [0.3, 0.4) is 0 Å². The van der Waals surface area contributed by atoms with E-state index in [0.717, 1.165) is 10.2 Å². The minimum Gasteiger partial charge on any atom is -0.344 e. The molecule has 0 bridgehead atoms. The van der Waals surface area contributed by atoms with Gasteiger partial charge in [-0.1, -0.05) is 39.8 Å².